The maximum absolute atomic E-state index is 12.9. The molecule has 2 fully saturated rings. The Morgan fingerprint density at radius 3 is 2.93 bits per heavy atom. The van der Waals surface area contributed by atoms with Gasteiger partial charge in [-0.05, 0) is 55.1 Å². The molecule has 1 aromatic carbocycles. The SMILES string of the molecule is C=CCCN1C(=O)C(CC(=O)Nc2ccc3cc[nH]c3c2)N(C2CC2)C1=S. The van der Waals surface area contributed by atoms with Crippen molar-refractivity contribution in [3.63, 3.8) is 0 Å². The molecule has 2 N–H and O–H groups in total. The predicted octanol–water partition coefficient (Wildman–Crippen LogP) is 3.03. The molecule has 2 aliphatic rings. The number of carbonyl (C=O) groups is 2. The number of rotatable bonds is 7. The predicted molar refractivity (Wildman–Crippen MR) is 109 cm³/mol. The van der Waals surface area contributed by atoms with Crippen LogP contribution >= 0.6 is 12.2 Å². The molecule has 7 heteroatoms. The average Bonchev–Trinajstić information content (AvgIpc) is 3.32. The van der Waals surface area contributed by atoms with Gasteiger partial charge in [-0.15, -0.1) is 6.58 Å². The zero-order valence-electron chi connectivity index (χ0n) is 15.0. The first-order chi connectivity index (χ1) is 13.1. The zero-order chi connectivity index (χ0) is 19.0. The van der Waals surface area contributed by atoms with Gasteiger partial charge in [0.05, 0.1) is 6.42 Å². The van der Waals surface area contributed by atoms with Crippen LogP contribution < -0.4 is 5.32 Å². The molecule has 1 unspecified atom stereocenters. The van der Waals surface area contributed by atoms with Gasteiger partial charge in [-0.1, -0.05) is 12.1 Å². The number of H-pyrrole nitrogens is 1. The molecular formula is C20H22N4O2S. The number of nitrogens with zero attached hydrogens (tertiary/aromatic N) is 2. The topological polar surface area (TPSA) is 68.4 Å². The van der Waals surface area contributed by atoms with Gasteiger partial charge in [0.25, 0.3) is 5.91 Å². The second-order valence-electron chi connectivity index (χ2n) is 7.04. The van der Waals surface area contributed by atoms with E-state index in [0.717, 1.165) is 23.7 Å². The summed E-state index contributed by atoms with van der Waals surface area (Å²) in [5.41, 5.74) is 1.67. The monoisotopic (exact) mass is 382 g/mol. The number of fused-ring (bicyclic) bond motifs is 1. The number of hydrogen-bond donors (Lipinski definition) is 2. The highest BCUT2D eigenvalue weighted by Crippen LogP contribution is 2.35. The molecule has 6 nitrogen and oxygen atoms in total. The third-order valence-electron chi connectivity index (χ3n) is 5.05. The number of nitrogens with one attached hydrogen (secondary N) is 2. The molecule has 2 heterocycles. The molecule has 1 aliphatic carbocycles. The molecule has 4 rings (SSSR count). The van der Waals surface area contributed by atoms with Gasteiger partial charge < -0.3 is 15.2 Å². The maximum Gasteiger partial charge on any atom is 0.252 e. The van der Waals surface area contributed by atoms with Crippen LogP contribution in [0.15, 0.2) is 43.1 Å². The molecular weight excluding hydrogens is 360 g/mol. The van der Waals surface area contributed by atoms with E-state index in [-0.39, 0.29) is 24.3 Å². The summed E-state index contributed by atoms with van der Waals surface area (Å²) in [5.74, 6) is -0.262. The lowest BCUT2D eigenvalue weighted by molar-refractivity contribution is -0.130. The largest absolute Gasteiger partial charge is 0.361 e. The molecule has 1 aliphatic heterocycles. The first-order valence-corrected chi connectivity index (χ1v) is 9.61. The van der Waals surface area contributed by atoms with Crippen LogP contribution in [0.2, 0.25) is 0 Å². The zero-order valence-corrected chi connectivity index (χ0v) is 15.8. The van der Waals surface area contributed by atoms with E-state index in [1.165, 1.54) is 0 Å². The van der Waals surface area contributed by atoms with Gasteiger partial charge in [0, 0.05) is 30.0 Å². The average molecular weight is 382 g/mol. The highest BCUT2D eigenvalue weighted by atomic mass is 32.1. The normalized spacial score (nSPS) is 19.8. The molecule has 2 amide bonds. The number of aromatic amines is 1. The van der Waals surface area contributed by atoms with Crippen LogP contribution in [0.25, 0.3) is 10.9 Å². The summed E-state index contributed by atoms with van der Waals surface area (Å²) in [5, 5.41) is 4.54. The Bertz CT molecular complexity index is 918. The van der Waals surface area contributed by atoms with E-state index in [4.69, 9.17) is 12.2 Å². The molecule has 27 heavy (non-hydrogen) atoms. The molecule has 1 aromatic heterocycles. The Hall–Kier alpha value is -2.67. The van der Waals surface area contributed by atoms with Gasteiger partial charge in [0.2, 0.25) is 5.91 Å². The Labute approximate surface area is 163 Å². The number of hydrogen-bond acceptors (Lipinski definition) is 3. The van der Waals surface area contributed by atoms with E-state index >= 15 is 0 Å². The lowest BCUT2D eigenvalue weighted by Crippen LogP contribution is -2.39. The fourth-order valence-electron chi connectivity index (χ4n) is 3.55. The van der Waals surface area contributed by atoms with Crippen LogP contribution in [0.5, 0.6) is 0 Å². The van der Waals surface area contributed by atoms with Gasteiger partial charge in [-0.3, -0.25) is 14.5 Å². The van der Waals surface area contributed by atoms with Crippen molar-refractivity contribution in [1.82, 2.24) is 14.8 Å². The van der Waals surface area contributed by atoms with E-state index < -0.39 is 6.04 Å². The summed E-state index contributed by atoms with van der Waals surface area (Å²) in [4.78, 5) is 32.2. The van der Waals surface area contributed by atoms with Crippen LogP contribution in [-0.2, 0) is 9.59 Å². The number of thiocarbonyl (C=S) groups is 1. The van der Waals surface area contributed by atoms with Crippen molar-refractivity contribution < 1.29 is 9.59 Å². The minimum Gasteiger partial charge on any atom is -0.361 e. The summed E-state index contributed by atoms with van der Waals surface area (Å²) in [7, 11) is 0. The lowest BCUT2D eigenvalue weighted by atomic mass is 10.1. The van der Waals surface area contributed by atoms with Crippen LogP contribution in [-0.4, -0.2) is 50.3 Å². The van der Waals surface area contributed by atoms with Crippen LogP contribution in [0, 0.1) is 0 Å². The Balaban J connectivity index is 1.47. The summed E-state index contributed by atoms with van der Waals surface area (Å²) >= 11 is 5.53. The lowest BCUT2D eigenvalue weighted by Gasteiger charge is -2.23. The van der Waals surface area contributed by atoms with Gasteiger partial charge in [-0.2, -0.15) is 0 Å². The number of carbonyl (C=O) groups excluding carboxylic acids is 2. The van der Waals surface area contributed by atoms with Crippen molar-refractivity contribution in [2.75, 3.05) is 11.9 Å². The highest BCUT2D eigenvalue weighted by molar-refractivity contribution is 7.80. The molecule has 140 valence electrons. The highest BCUT2D eigenvalue weighted by Gasteiger charge is 2.48. The van der Waals surface area contributed by atoms with Crippen LogP contribution in [0.3, 0.4) is 0 Å². The summed E-state index contributed by atoms with van der Waals surface area (Å²) in [6, 6.07) is 7.45. The van der Waals surface area contributed by atoms with Crippen molar-refractivity contribution in [3.8, 4) is 0 Å². The molecule has 2 aromatic rings. The molecule has 1 saturated heterocycles. The fraction of sp³-hybridized carbons (Fsp3) is 0.350. The second kappa shape index (κ2) is 7.15. The Kier molecular flexibility index (Phi) is 4.70. The minimum atomic E-state index is -0.510. The second-order valence-corrected chi connectivity index (χ2v) is 7.40. The fourth-order valence-corrected chi connectivity index (χ4v) is 4.01. The molecule has 1 saturated carbocycles. The van der Waals surface area contributed by atoms with Crippen LogP contribution in [0.1, 0.15) is 25.7 Å². The first-order valence-electron chi connectivity index (χ1n) is 9.20. The van der Waals surface area contributed by atoms with E-state index in [9.17, 15) is 9.59 Å². The Morgan fingerprint density at radius 1 is 1.37 bits per heavy atom. The Morgan fingerprint density at radius 2 is 2.19 bits per heavy atom. The molecule has 1 atom stereocenters. The smallest absolute Gasteiger partial charge is 0.252 e. The van der Waals surface area contributed by atoms with Crippen LogP contribution in [0.4, 0.5) is 5.69 Å². The van der Waals surface area contributed by atoms with Crippen molar-refractivity contribution in [1.29, 1.82) is 0 Å². The van der Waals surface area contributed by atoms with Crippen molar-refractivity contribution in [2.24, 2.45) is 0 Å². The third-order valence-corrected chi connectivity index (χ3v) is 5.48. The van der Waals surface area contributed by atoms with Crippen molar-refractivity contribution in [3.05, 3.63) is 43.1 Å². The number of amides is 2. The molecule has 0 bridgehead atoms. The van der Waals surface area contributed by atoms with Gasteiger partial charge in [0.15, 0.2) is 5.11 Å². The number of benzene rings is 1. The van der Waals surface area contributed by atoms with Gasteiger partial charge in [-0.25, -0.2) is 0 Å². The van der Waals surface area contributed by atoms with Crippen molar-refractivity contribution in [2.45, 2.75) is 37.8 Å². The van der Waals surface area contributed by atoms with E-state index in [0.29, 0.717) is 23.8 Å². The number of anilines is 1. The third kappa shape index (κ3) is 3.47. The standard InChI is InChI=1S/C20H22N4O2S/c1-2-3-10-23-19(26)17(24(20(23)27)15-6-7-15)12-18(25)22-14-5-4-13-8-9-21-16(13)11-14/h2,4-5,8-9,11,15,17,21H,1,3,6-7,10,12H2,(H,22,25). The quantitative estimate of drug-likeness (QED) is 0.571. The minimum absolute atomic E-state index is 0.0799. The summed E-state index contributed by atoms with van der Waals surface area (Å²) in [6.45, 7) is 4.23. The first kappa shape index (κ1) is 17.7. The van der Waals surface area contributed by atoms with Gasteiger partial charge >= 0.3 is 0 Å². The maximum atomic E-state index is 12.9. The molecule has 0 radical (unpaired) electrons. The van der Waals surface area contributed by atoms with Gasteiger partial charge in [0.1, 0.15) is 6.04 Å². The summed E-state index contributed by atoms with van der Waals surface area (Å²) in [6.07, 6.45) is 6.45. The number of aromatic nitrogens is 1. The summed E-state index contributed by atoms with van der Waals surface area (Å²) < 4.78 is 0. The molecule has 0 spiro atoms. The van der Waals surface area contributed by atoms with E-state index in [1.54, 1.807) is 11.0 Å². The van der Waals surface area contributed by atoms with Crippen molar-refractivity contribution >= 4 is 45.7 Å². The van der Waals surface area contributed by atoms with E-state index in [1.807, 2.05) is 35.4 Å². The van der Waals surface area contributed by atoms with E-state index in [2.05, 4.69) is 16.9 Å².